The van der Waals surface area contributed by atoms with E-state index in [0.717, 1.165) is 0 Å². The van der Waals surface area contributed by atoms with Crippen molar-refractivity contribution in [3.05, 3.63) is 54.1 Å². The average Bonchev–Trinajstić information content (AvgIpc) is 2.69. The Balaban J connectivity index is 1.90. The Morgan fingerprint density at radius 1 is 1.00 bits per heavy atom. The molecular formula is C19H20O8. The first kappa shape index (κ1) is 19.3. The van der Waals surface area contributed by atoms with Crippen molar-refractivity contribution in [3.8, 4) is 16.9 Å². The summed E-state index contributed by atoms with van der Waals surface area (Å²) in [5.41, 5.74) is 1.24. The lowest BCUT2D eigenvalue weighted by Gasteiger charge is -2.39. The quantitative estimate of drug-likeness (QED) is 0.500. The van der Waals surface area contributed by atoms with E-state index in [-0.39, 0.29) is 11.3 Å². The molecule has 1 heterocycles. The summed E-state index contributed by atoms with van der Waals surface area (Å²) < 4.78 is 11.1. The van der Waals surface area contributed by atoms with E-state index in [9.17, 15) is 30.3 Å². The van der Waals surface area contributed by atoms with Crippen molar-refractivity contribution in [2.45, 2.75) is 30.7 Å². The summed E-state index contributed by atoms with van der Waals surface area (Å²) in [7, 11) is 0. The lowest BCUT2D eigenvalue weighted by Crippen LogP contribution is -2.60. The predicted molar refractivity (Wildman–Crippen MR) is 93.2 cm³/mol. The topological polar surface area (TPSA) is 137 Å². The molecule has 2 aromatic carbocycles. The Kier molecular flexibility index (Phi) is 5.73. The van der Waals surface area contributed by atoms with Crippen LogP contribution in [-0.2, 0) is 4.74 Å². The average molecular weight is 376 g/mol. The Morgan fingerprint density at radius 3 is 2.44 bits per heavy atom. The van der Waals surface area contributed by atoms with E-state index >= 15 is 0 Å². The molecule has 2 aromatic rings. The first-order valence-corrected chi connectivity index (χ1v) is 8.32. The summed E-state index contributed by atoms with van der Waals surface area (Å²) in [6.45, 7) is -0.562. The van der Waals surface area contributed by atoms with Crippen molar-refractivity contribution < 1.29 is 39.8 Å². The van der Waals surface area contributed by atoms with Crippen LogP contribution in [0.1, 0.15) is 10.4 Å². The van der Waals surface area contributed by atoms with Crippen molar-refractivity contribution in [2.75, 3.05) is 6.61 Å². The van der Waals surface area contributed by atoms with Gasteiger partial charge in [-0.1, -0.05) is 30.3 Å². The van der Waals surface area contributed by atoms with Crippen molar-refractivity contribution >= 4 is 5.97 Å². The van der Waals surface area contributed by atoms with Crippen LogP contribution in [0.2, 0.25) is 0 Å². The Bertz CT molecular complexity index is 806. The standard InChI is InChI=1S/C19H20O8/c20-9-14-15(21)16(22)17(23)19(27-14)26-13-7-2-1-6-12(13)10-4-3-5-11(8-10)18(24)25/h1-8,14-17,19-23H,9H2,(H,24,25)/t14-,15-,16+,17+,19+/m1/s1. The minimum Gasteiger partial charge on any atom is -0.478 e. The number of benzene rings is 2. The van der Waals surface area contributed by atoms with Crippen LogP contribution in [0.4, 0.5) is 0 Å². The van der Waals surface area contributed by atoms with Crippen LogP contribution >= 0.6 is 0 Å². The molecule has 8 nitrogen and oxygen atoms in total. The van der Waals surface area contributed by atoms with E-state index in [0.29, 0.717) is 11.1 Å². The molecule has 144 valence electrons. The molecule has 5 N–H and O–H groups in total. The molecule has 0 unspecified atom stereocenters. The largest absolute Gasteiger partial charge is 0.478 e. The zero-order valence-corrected chi connectivity index (χ0v) is 14.2. The van der Waals surface area contributed by atoms with E-state index in [1.54, 1.807) is 36.4 Å². The Labute approximate surface area is 154 Å². The number of carboxylic acids is 1. The molecule has 5 atom stereocenters. The van der Waals surface area contributed by atoms with Gasteiger partial charge in [-0.3, -0.25) is 0 Å². The number of carbonyl (C=O) groups is 1. The van der Waals surface area contributed by atoms with Gasteiger partial charge in [-0.15, -0.1) is 0 Å². The van der Waals surface area contributed by atoms with E-state index in [1.165, 1.54) is 12.1 Å². The molecule has 1 saturated heterocycles. The molecule has 3 rings (SSSR count). The van der Waals surface area contributed by atoms with Gasteiger partial charge in [-0.2, -0.15) is 0 Å². The maximum Gasteiger partial charge on any atom is 0.335 e. The number of aliphatic hydroxyl groups excluding tert-OH is 4. The number of rotatable bonds is 5. The second-order valence-corrected chi connectivity index (χ2v) is 6.20. The van der Waals surface area contributed by atoms with Gasteiger partial charge in [0.2, 0.25) is 6.29 Å². The number of para-hydroxylation sites is 1. The van der Waals surface area contributed by atoms with Gasteiger partial charge in [-0.05, 0) is 23.8 Å². The fourth-order valence-corrected chi connectivity index (χ4v) is 2.92. The molecule has 0 saturated carbocycles. The fourth-order valence-electron chi connectivity index (χ4n) is 2.92. The highest BCUT2D eigenvalue weighted by Gasteiger charge is 2.44. The number of ether oxygens (including phenoxy) is 2. The van der Waals surface area contributed by atoms with Gasteiger partial charge >= 0.3 is 5.97 Å². The van der Waals surface area contributed by atoms with Gasteiger partial charge in [-0.25, -0.2) is 4.79 Å². The van der Waals surface area contributed by atoms with Crippen molar-refractivity contribution in [1.82, 2.24) is 0 Å². The molecule has 1 fully saturated rings. The third-order valence-corrected chi connectivity index (χ3v) is 4.40. The minimum absolute atomic E-state index is 0.107. The lowest BCUT2D eigenvalue weighted by molar-refractivity contribution is -0.277. The summed E-state index contributed by atoms with van der Waals surface area (Å²) in [6, 6.07) is 13.0. The third kappa shape index (κ3) is 3.95. The smallest absolute Gasteiger partial charge is 0.335 e. The number of aromatic carboxylic acids is 1. The molecule has 0 aromatic heterocycles. The van der Waals surface area contributed by atoms with Crippen molar-refractivity contribution in [3.63, 3.8) is 0 Å². The molecule has 1 aliphatic heterocycles. The highest BCUT2D eigenvalue weighted by Crippen LogP contribution is 2.33. The summed E-state index contributed by atoms with van der Waals surface area (Å²) >= 11 is 0. The number of hydrogen-bond acceptors (Lipinski definition) is 7. The summed E-state index contributed by atoms with van der Waals surface area (Å²) in [5, 5.41) is 48.3. The zero-order valence-electron chi connectivity index (χ0n) is 14.2. The van der Waals surface area contributed by atoms with Crippen LogP contribution in [-0.4, -0.2) is 68.8 Å². The van der Waals surface area contributed by atoms with E-state index in [1.807, 2.05) is 0 Å². The fraction of sp³-hybridized carbons (Fsp3) is 0.316. The second-order valence-electron chi connectivity index (χ2n) is 6.20. The van der Waals surface area contributed by atoms with E-state index < -0.39 is 43.3 Å². The first-order valence-electron chi connectivity index (χ1n) is 8.32. The Hall–Kier alpha value is -2.49. The van der Waals surface area contributed by atoms with Gasteiger partial charge < -0.3 is 35.0 Å². The monoisotopic (exact) mass is 376 g/mol. The van der Waals surface area contributed by atoms with Crippen LogP contribution in [0.25, 0.3) is 11.1 Å². The second kappa shape index (κ2) is 8.03. The first-order chi connectivity index (χ1) is 12.9. The molecule has 8 heteroatoms. The van der Waals surface area contributed by atoms with Crippen molar-refractivity contribution in [1.29, 1.82) is 0 Å². The maximum atomic E-state index is 11.2. The number of carboxylic acid groups (broad SMARTS) is 1. The van der Waals surface area contributed by atoms with Crippen molar-refractivity contribution in [2.24, 2.45) is 0 Å². The van der Waals surface area contributed by atoms with Gasteiger partial charge in [0, 0.05) is 5.56 Å². The van der Waals surface area contributed by atoms with Crippen LogP contribution in [0.15, 0.2) is 48.5 Å². The predicted octanol–water partition coefficient (Wildman–Crippen LogP) is 0.230. The molecule has 1 aliphatic rings. The highest BCUT2D eigenvalue weighted by molar-refractivity contribution is 5.89. The molecule has 0 amide bonds. The normalized spacial score (nSPS) is 27.9. The molecule has 0 bridgehead atoms. The third-order valence-electron chi connectivity index (χ3n) is 4.40. The Morgan fingerprint density at radius 2 is 1.74 bits per heavy atom. The zero-order chi connectivity index (χ0) is 19.6. The SMILES string of the molecule is O=C(O)c1cccc(-c2ccccc2O[C@H]2O[C@H](CO)[C@@H](O)[C@H](O)[C@@H]2O)c1. The highest BCUT2D eigenvalue weighted by atomic mass is 16.7. The van der Waals surface area contributed by atoms with Crippen LogP contribution in [0, 0.1) is 0 Å². The van der Waals surface area contributed by atoms with Gasteiger partial charge in [0.05, 0.1) is 12.2 Å². The number of hydrogen-bond donors (Lipinski definition) is 5. The van der Waals surface area contributed by atoms with E-state index in [4.69, 9.17) is 9.47 Å². The van der Waals surface area contributed by atoms with Gasteiger partial charge in [0.15, 0.2) is 0 Å². The van der Waals surface area contributed by atoms with Crippen LogP contribution < -0.4 is 4.74 Å². The summed E-state index contributed by atoms with van der Waals surface area (Å²) in [4.78, 5) is 11.2. The van der Waals surface area contributed by atoms with E-state index in [2.05, 4.69) is 0 Å². The van der Waals surface area contributed by atoms with Gasteiger partial charge in [0.25, 0.3) is 0 Å². The van der Waals surface area contributed by atoms with Gasteiger partial charge in [0.1, 0.15) is 30.2 Å². The maximum absolute atomic E-state index is 11.2. The van der Waals surface area contributed by atoms with Crippen LogP contribution in [0.3, 0.4) is 0 Å². The number of aliphatic hydroxyl groups is 4. The molecule has 0 spiro atoms. The van der Waals surface area contributed by atoms with Crippen LogP contribution in [0.5, 0.6) is 5.75 Å². The molecule has 0 radical (unpaired) electrons. The summed E-state index contributed by atoms with van der Waals surface area (Å²) in [6.07, 6.45) is -6.99. The minimum atomic E-state index is -1.55. The lowest BCUT2D eigenvalue weighted by atomic mass is 9.99. The molecule has 27 heavy (non-hydrogen) atoms. The molecule has 0 aliphatic carbocycles. The summed E-state index contributed by atoms with van der Waals surface area (Å²) in [5.74, 6) is -0.784. The molecular weight excluding hydrogens is 356 g/mol.